The van der Waals surface area contributed by atoms with E-state index in [0.29, 0.717) is 5.92 Å². The quantitative estimate of drug-likeness (QED) is 0.511. The van der Waals surface area contributed by atoms with E-state index in [4.69, 9.17) is 0 Å². The molecular formula is C24H34. The van der Waals surface area contributed by atoms with E-state index in [1.54, 1.807) is 0 Å². The number of hydrogen-bond donors (Lipinski definition) is 0. The third kappa shape index (κ3) is 7.49. The maximum atomic E-state index is 3.65. The monoisotopic (exact) mass is 322 g/mol. The summed E-state index contributed by atoms with van der Waals surface area (Å²) in [6.07, 6.45) is 1.06. The molecule has 24 heavy (non-hydrogen) atoms. The van der Waals surface area contributed by atoms with E-state index in [2.05, 4.69) is 88.5 Å². The van der Waals surface area contributed by atoms with Crippen molar-refractivity contribution in [3.05, 3.63) is 83.1 Å². The molecule has 0 aliphatic carbocycles. The zero-order valence-electron chi connectivity index (χ0n) is 16.6. The average molecular weight is 323 g/mol. The van der Waals surface area contributed by atoms with E-state index >= 15 is 0 Å². The highest BCUT2D eigenvalue weighted by Crippen LogP contribution is 2.17. The molecule has 0 unspecified atom stereocenters. The van der Waals surface area contributed by atoms with Gasteiger partial charge in [0.25, 0.3) is 0 Å². The number of benzene rings is 2. The molecule has 0 N–H and O–H groups in total. The maximum absolute atomic E-state index is 3.65. The SMILES string of the molecule is C=C=C(C)c1ccccc1CC.CC.Cc1cccc(C(C)C)c1. The minimum absolute atomic E-state index is 0.653. The predicted molar refractivity (Wildman–Crippen MR) is 111 cm³/mol. The molecule has 0 spiro atoms. The minimum atomic E-state index is 0.653. The van der Waals surface area contributed by atoms with Gasteiger partial charge in [-0.1, -0.05) is 95.3 Å². The van der Waals surface area contributed by atoms with Gasteiger partial charge in [0.2, 0.25) is 0 Å². The molecule has 0 aliphatic heterocycles. The molecule has 0 aromatic heterocycles. The lowest BCUT2D eigenvalue weighted by Gasteiger charge is -2.04. The summed E-state index contributed by atoms with van der Waals surface area (Å²) in [5.74, 6) is 0.653. The van der Waals surface area contributed by atoms with E-state index in [1.165, 1.54) is 22.3 Å². The van der Waals surface area contributed by atoms with Crippen LogP contribution in [0.4, 0.5) is 0 Å². The van der Waals surface area contributed by atoms with Gasteiger partial charge in [-0.3, -0.25) is 0 Å². The molecule has 0 atom stereocenters. The van der Waals surface area contributed by atoms with Gasteiger partial charge in [0.15, 0.2) is 0 Å². The van der Waals surface area contributed by atoms with Gasteiger partial charge in [-0.25, -0.2) is 0 Å². The summed E-state index contributed by atoms with van der Waals surface area (Å²) in [5.41, 5.74) is 9.48. The van der Waals surface area contributed by atoms with E-state index in [-0.39, 0.29) is 0 Å². The van der Waals surface area contributed by atoms with E-state index in [1.807, 2.05) is 20.8 Å². The maximum Gasteiger partial charge on any atom is -0.00225 e. The van der Waals surface area contributed by atoms with Gasteiger partial charge in [0.1, 0.15) is 0 Å². The highest BCUT2D eigenvalue weighted by molar-refractivity contribution is 5.65. The van der Waals surface area contributed by atoms with Gasteiger partial charge in [0, 0.05) is 0 Å². The molecule has 0 radical (unpaired) electrons. The van der Waals surface area contributed by atoms with Crippen molar-refractivity contribution in [1.29, 1.82) is 0 Å². The summed E-state index contributed by atoms with van der Waals surface area (Å²) < 4.78 is 0. The van der Waals surface area contributed by atoms with Crippen LogP contribution in [0.2, 0.25) is 0 Å². The van der Waals surface area contributed by atoms with Crippen molar-refractivity contribution < 1.29 is 0 Å². The first-order valence-corrected chi connectivity index (χ1v) is 9.01. The lowest BCUT2D eigenvalue weighted by atomic mass is 10.00. The Labute approximate surface area is 150 Å². The Bertz CT molecular complexity index is 641. The fourth-order valence-corrected chi connectivity index (χ4v) is 2.32. The summed E-state index contributed by atoms with van der Waals surface area (Å²) in [5, 5.41) is 0. The van der Waals surface area contributed by atoms with Crippen molar-refractivity contribution >= 4 is 5.57 Å². The average Bonchev–Trinajstić information content (AvgIpc) is 2.63. The summed E-state index contributed by atoms with van der Waals surface area (Å²) in [6, 6.07) is 17.1. The summed E-state index contributed by atoms with van der Waals surface area (Å²) in [6.45, 7) is 18.4. The van der Waals surface area contributed by atoms with Crippen molar-refractivity contribution in [1.82, 2.24) is 0 Å². The van der Waals surface area contributed by atoms with Gasteiger partial charge >= 0.3 is 0 Å². The van der Waals surface area contributed by atoms with E-state index in [0.717, 1.165) is 12.0 Å². The van der Waals surface area contributed by atoms with Crippen LogP contribution in [-0.2, 0) is 6.42 Å². The number of rotatable bonds is 3. The van der Waals surface area contributed by atoms with Crippen molar-refractivity contribution in [2.75, 3.05) is 0 Å². The first-order valence-electron chi connectivity index (χ1n) is 9.01. The Morgan fingerprint density at radius 1 is 1.04 bits per heavy atom. The fourth-order valence-electron chi connectivity index (χ4n) is 2.32. The highest BCUT2D eigenvalue weighted by atomic mass is 14.0. The summed E-state index contributed by atoms with van der Waals surface area (Å²) in [7, 11) is 0. The molecule has 2 aromatic rings. The lowest BCUT2D eigenvalue weighted by Crippen LogP contribution is -1.87. The standard InChI is InChI=1S/C12H14.C10H14.C2H6/c1-4-10(3)12-9-7-6-8-11(12)5-2;1-8(2)10-6-4-5-9(3)7-10;1-2/h6-9H,1,5H2,2-3H3;4-8H,1-3H3;1-2H3. The Morgan fingerprint density at radius 2 is 1.67 bits per heavy atom. The van der Waals surface area contributed by atoms with Crippen LogP contribution in [0.3, 0.4) is 0 Å². The third-order valence-corrected chi connectivity index (χ3v) is 3.78. The Hall–Kier alpha value is -2.04. The number of aryl methyl sites for hydroxylation is 2. The highest BCUT2D eigenvalue weighted by Gasteiger charge is 1.99. The minimum Gasteiger partial charge on any atom is -0.125 e. The number of hydrogen-bond acceptors (Lipinski definition) is 0. The molecule has 0 saturated heterocycles. The van der Waals surface area contributed by atoms with Gasteiger partial charge < -0.3 is 0 Å². The van der Waals surface area contributed by atoms with Gasteiger partial charge in [-0.2, -0.15) is 0 Å². The third-order valence-electron chi connectivity index (χ3n) is 3.78. The van der Waals surface area contributed by atoms with Gasteiger partial charge in [-0.15, -0.1) is 5.73 Å². The van der Waals surface area contributed by atoms with Crippen LogP contribution in [0, 0.1) is 6.92 Å². The largest absolute Gasteiger partial charge is 0.125 e. The molecule has 0 fully saturated rings. The second-order valence-electron chi connectivity index (χ2n) is 5.88. The number of allylic oxidation sites excluding steroid dienone is 1. The van der Waals surface area contributed by atoms with Crippen LogP contribution < -0.4 is 0 Å². The Morgan fingerprint density at radius 3 is 2.12 bits per heavy atom. The van der Waals surface area contributed by atoms with Crippen LogP contribution in [0.1, 0.15) is 69.7 Å². The summed E-state index contributed by atoms with van der Waals surface area (Å²) in [4.78, 5) is 0. The molecule has 0 heteroatoms. The van der Waals surface area contributed by atoms with Crippen LogP contribution in [-0.4, -0.2) is 0 Å². The predicted octanol–water partition coefficient (Wildman–Crippen LogP) is 7.58. The molecule has 0 amide bonds. The first-order chi connectivity index (χ1) is 11.5. The summed E-state index contributed by atoms with van der Waals surface area (Å²) >= 11 is 0. The molecule has 2 aromatic carbocycles. The fraction of sp³-hybridized carbons (Fsp3) is 0.375. The normalized spacial score (nSPS) is 9.17. The van der Waals surface area contributed by atoms with Crippen LogP contribution in [0.5, 0.6) is 0 Å². The van der Waals surface area contributed by atoms with Crippen LogP contribution in [0.25, 0.3) is 5.57 Å². The molecule has 2 rings (SSSR count). The molecule has 0 saturated carbocycles. The second-order valence-corrected chi connectivity index (χ2v) is 5.88. The van der Waals surface area contributed by atoms with Crippen molar-refractivity contribution in [2.24, 2.45) is 0 Å². The molecular weight excluding hydrogens is 288 g/mol. The molecule has 130 valence electrons. The zero-order chi connectivity index (χ0) is 18.5. The smallest absolute Gasteiger partial charge is 0.00225 e. The Balaban J connectivity index is 0.000000405. The van der Waals surface area contributed by atoms with E-state index < -0.39 is 0 Å². The second kappa shape index (κ2) is 12.4. The first kappa shape index (κ1) is 22.0. The van der Waals surface area contributed by atoms with Crippen LogP contribution in [0.15, 0.2) is 60.8 Å². The lowest BCUT2D eigenvalue weighted by molar-refractivity contribution is 0.865. The van der Waals surface area contributed by atoms with Crippen LogP contribution >= 0.6 is 0 Å². The zero-order valence-corrected chi connectivity index (χ0v) is 16.6. The van der Waals surface area contributed by atoms with Crippen molar-refractivity contribution in [2.45, 2.75) is 60.8 Å². The van der Waals surface area contributed by atoms with Crippen molar-refractivity contribution in [3.8, 4) is 0 Å². The van der Waals surface area contributed by atoms with Gasteiger partial charge in [0.05, 0.1) is 0 Å². The molecule has 0 nitrogen and oxygen atoms in total. The molecule has 0 aliphatic rings. The van der Waals surface area contributed by atoms with Gasteiger partial charge in [-0.05, 0) is 48.4 Å². The molecule has 0 heterocycles. The molecule has 0 bridgehead atoms. The van der Waals surface area contributed by atoms with E-state index in [9.17, 15) is 0 Å². The van der Waals surface area contributed by atoms with Crippen molar-refractivity contribution in [3.63, 3.8) is 0 Å². The topological polar surface area (TPSA) is 0 Å². The Kier molecular flexibility index (Phi) is 11.3.